The van der Waals surface area contributed by atoms with Gasteiger partial charge in [-0.25, -0.2) is 0 Å². The van der Waals surface area contributed by atoms with Crippen molar-refractivity contribution in [1.82, 2.24) is 9.78 Å². The van der Waals surface area contributed by atoms with Crippen molar-refractivity contribution in [2.24, 2.45) is 5.73 Å². The number of aliphatic hydroxyl groups is 1. The van der Waals surface area contributed by atoms with Gasteiger partial charge >= 0.3 is 0 Å². The number of nitrogens with zero attached hydrogens (tertiary/aromatic N) is 2. The second kappa shape index (κ2) is 4.11. The van der Waals surface area contributed by atoms with Crippen LogP contribution in [0.2, 0.25) is 0 Å². The topological polar surface area (TPSA) is 64.1 Å². The van der Waals surface area contributed by atoms with Crippen molar-refractivity contribution in [2.45, 2.75) is 38.8 Å². The molecule has 1 rings (SSSR count). The van der Waals surface area contributed by atoms with E-state index in [2.05, 4.69) is 5.10 Å². The van der Waals surface area contributed by atoms with Crippen LogP contribution in [-0.4, -0.2) is 27.0 Å². The molecule has 0 aliphatic rings. The molecule has 0 saturated carbocycles. The monoisotopic (exact) mass is 197 g/mol. The average Bonchev–Trinajstić information content (AvgIpc) is 2.51. The predicted octanol–water partition coefficient (Wildman–Crippen LogP) is 0.852. The molecule has 0 aliphatic carbocycles. The van der Waals surface area contributed by atoms with Crippen molar-refractivity contribution in [1.29, 1.82) is 0 Å². The lowest BCUT2D eigenvalue weighted by atomic mass is 9.98. The first kappa shape index (κ1) is 11.2. The standard InChI is InChI=1S/C10H19N3O/c1-8-5-12-13(6-8)9(2)4-10(3,14)7-11/h5-6,9,14H,4,7,11H2,1-3H3. The summed E-state index contributed by atoms with van der Waals surface area (Å²) in [6.45, 7) is 6.05. The number of rotatable bonds is 4. The quantitative estimate of drug-likeness (QED) is 0.752. The Morgan fingerprint density at radius 2 is 2.36 bits per heavy atom. The first-order valence-corrected chi connectivity index (χ1v) is 4.88. The van der Waals surface area contributed by atoms with Gasteiger partial charge in [-0.3, -0.25) is 4.68 Å². The first-order chi connectivity index (χ1) is 6.44. The minimum Gasteiger partial charge on any atom is -0.389 e. The molecule has 14 heavy (non-hydrogen) atoms. The Balaban J connectivity index is 2.63. The van der Waals surface area contributed by atoms with Gasteiger partial charge < -0.3 is 10.8 Å². The molecule has 0 aromatic carbocycles. The lowest BCUT2D eigenvalue weighted by Crippen LogP contribution is -2.36. The summed E-state index contributed by atoms with van der Waals surface area (Å²) in [4.78, 5) is 0. The van der Waals surface area contributed by atoms with Crippen LogP contribution in [0.25, 0.3) is 0 Å². The molecule has 4 heteroatoms. The van der Waals surface area contributed by atoms with Gasteiger partial charge in [-0.05, 0) is 32.8 Å². The van der Waals surface area contributed by atoms with Crippen molar-refractivity contribution >= 4 is 0 Å². The summed E-state index contributed by atoms with van der Waals surface area (Å²) in [5, 5.41) is 14.0. The van der Waals surface area contributed by atoms with Crippen LogP contribution < -0.4 is 5.73 Å². The van der Waals surface area contributed by atoms with Crippen LogP contribution in [-0.2, 0) is 0 Å². The van der Waals surface area contributed by atoms with Crippen molar-refractivity contribution in [3.63, 3.8) is 0 Å². The molecule has 80 valence electrons. The number of hydrogen-bond donors (Lipinski definition) is 2. The van der Waals surface area contributed by atoms with E-state index in [1.54, 1.807) is 6.92 Å². The van der Waals surface area contributed by atoms with Crippen LogP contribution in [0.1, 0.15) is 31.9 Å². The summed E-state index contributed by atoms with van der Waals surface area (Å²) < 4.78 is 1.86. The van der Waals surface area contributed by atoms with E-state index >= 15 is 0 Å². The van der Waals surface area contributed by atoms with Crippen LogP contribution in [0.15, 0.2) is 12.4 Å². The first-order valence-electron chi connectivity index (χ1n) is 4.88. The van der Waals surface area contributed by atoms with Gasteiger partial charge in [-0.2, -0.15) is 5.10 Å². The smallest absolute Gasteiger partial charge is 0.0761 e. The highest BCUT2D eigenvalue weighted by Gasteiger charge is 2.22. The van der Waals surface area contributed by atoms with E-state index in [-0.39, 0.29) is 12.6 Å². The Kier molecular flexibility index (Phi) is 3.29. The number of aryl methyl sites for hydroxylation is 1. The summed E-state index contributed by atoms with van der Waals surface area (Å²) in [6, 6.07) is 0.169. The van der Waals surface area contributed by atoms with Crippen molar-refractivity contribution < 1.29 is 5.11 Å². The maximum atomic E-state index is 9.80. The zero-order valence-electron chi connectivity index (χ0n) is 9.07. The summed E-state index contributed by atoms with van der Waals surface area (Å²) in [5.74, 6) is 0. The van der Waals surface area contributed by atoms with E-state index in [0.717, 1.165) is 5.56 Å². The Morgan fingerprint density at radius 1 is 1.71 bits per heavy atom. The van der Waals surface area contributed by atoms with Gasteiger partial charge in [-0.1, -0.05) is 0 Å². The highest BCUT2D eigenvalue weighted by molar-refractivity contribution is 5.00. The highest BCUT2D eigenvalue weighted by Crippen LogP contribution is 2.19. The van der Waals surface area contributed by atoms with Crippen molar-refractivity contribution in [3.8, 4) is 0 Å². The Labute approximate surface area is 84.7 Å². The Hall–Kier alpha value is -0.870. The van der Waals surface area contributed by atoms with E-state index in [0.29, 0.717) is 6.42 Å². The fourth-order valence-electron chi connectivity index (χ4n) is 1.49. The molecule has 1 aromatic heterocycles. The molecule has 4 nitrogen and oxygen atoms in total. The fourth-order valence-corrected chi connectivity index (χ4v) is 1.49. The van der Waals surface area contributed by atoms with Gasteiger partial charge in [0.2, 0.25) is 0 Å². The van der Waals surface area contributed by atoms with Crippen LogP contribution in [0.3, 0.4) is 0 Å². The molecule has 0 spiro atoms. The zero-order valence-corrected chi connectivity index (χ0v) is 9.07. The highest BCUT2D eigenvalue weighted by atomic mass is 16.3. The minimum atomic E-state index is -0.806. The van der Waals surface area contributed by atoms with Gasteiger partial charge in [-0.15, -0.1) is 0 Å². The molecule has 0 bridgehead atoms. The molecule has 0 fully saturated rings. The second-order valence-corrected chi connectivity index (χ2v) is 4.25. The Bertz CT molecular complexity index is 293. The average molecular weight is 197 g/mol. The lowest BCUT2D eigenvalue weighted by molar-refractivity contribution is 0.0449. The van der Waals surface area contributed by atoms with Crippen LogP contribution in [0.4, 0.5) is 0 Å². The van der Waals surface area contributed by atoms with Gasteiger partial charge in [0.1, 0.15) is 0 Å². The van der Waals surface area contributed by atoms with E-state index < -0.39 is 5.60 Å². The number of aromatic nitrogens is 2. The molecule has 2 unspecified atom stereocenters. The second-order valence-electron chi connectivity index (χ2n) is 4.25. The summed E-state index contributed by atoms with van der Waals surface area (Å²) in [5.41, 5.74) is 5.78. The molecular weight excluding hydrogens is 178 g/mol. The predicted molar refractivity (Wildman–Crippen MR) is 56.0 cm³/mol. The maximum absolute atomic E-state index is 9.80. The van der Waals surface area contributed by atoms with Gasteiger partial charge in [0.25, 0.3) is 0 Å². The van der Waals surface area contributed by atoms with Gasteiger partial charge in [0, 0.05) is 12.7 Å². The molecule has 1 aromatic rings. The normalized spacial score (nSPS) is 17.8. The molecule has 2 atom stereocenters. The Morgan fingerprint density at radius 3 is 2.79 bits per heavy atom. The summed E-state index contributed by atoms with van der Waals surface area (Å²) >= 11 is 0. The van der Waals surface area contributed by atoms with Crippen LogP contribution in [0, 0.1) is 6.92 Å². The molecular formula is C10H19N3O. The SMILES string of the molecule is Cc1cnn(C(C)CC(C)(O)CN)c1. The molecule has 3 N–H and O–H groups in total. The lowest BCUT2D eigenvalue weighted by Gasteiger charge is -2.25. The summed E-state index contributed by atoms with van der Waals surface area (Å²) in [6.07, 6.45) is 4.40. The zero-order chi connectivity index (χ0) is 10.8. The summed E-state index contributed by atoms with van der Waals surface area (Å²) in [7, 11) is 0. The number of hydrogen-bond acceptors (Lipinski definition) is 3. The van der Waals surface area contributed by atoms with Crippen molar-refractivity contribution in [3.05, 3.63) is 18.0 Å². The fraction of sp³-hybridized carbons (Fsp3) is 0.700. The van der Waals surface area contributed by atoms with E-state index in [1.165, 1.54) is 0 Å². The van der Waals surface area contributed by atoms with Crippen LogP contribution in [0.5, 0.6) is 0 Å². The van der Waals surface area contributed by atoms with Gasteiger partial charge in [0.15, 0.2) is 0 Å². The molecule has 0 amide bonds. The third kappa shape index (κ3) is 2.82. The van der Waals surface area contributed by atoms with E-state index in [9.17, 15) is 5.11 Å². The molecule has 0 radical (unpaired) electrons. The van der Waals surface area contributed by atoms with Crippen LogP contribution >= 0.6 is 0 Å². The molecule has 1 heterocycles. The third-order valence-corrected chi connectivity index (χ3v) is 2.36. The van der Waals surface area contributed by atoms with E-state index in [4.69, 9.17) is 5.73 Å². The molecule has 0 aliphatic heterocycles. The molecule has 0 saturated heterocycles. The minimum absolute atomic E-state index is 0.169. The maximum Gasteiger partial charge on any atom is 0.0761 e. The van der Waals surface area contributed by atoms with E-state index in [1.807, 2.05) is 30.9 Å². The largest absolute Gasteiger partial charge is 0.389 e. The van der Waals surface area contributed by atoms with Gasteiger partial charge in [0.05, 0.1) is 17.8 Å². The third-order valence-electron chi connectivity index (χ3n) is 2.36. The number of nitrogens with two attached hydrogens (primary N) is 1. The van der Waals surface area contributed by atoms with Crippen molar-refractivity contribution in [2.75, 3.05) is 6.54 Å².